The van der Waals surface area contributed by atoms with Gasteiger partial charge in [0.25, 0.3) is 0 Å². The molecule has 0 aliphatic carbocycles. The molecular formula is C13H24N4O. The van der Waals surface area contributed by atoms with Crippen LogP contribution in [-0.2, 0) is 0 Å². The van der Waals surface area contributed by atoms with Crippen LogP contribution in [0.2, 0.25) is 0 Å². The van der Waals surface area contributed by atoms with E-state index in [4.69, 9.17) is 10.5 Å². The minimum Gasteiger partial charge on any atom is -0.478 e. The SMILES string of the molecule is CCCOc1cc(NCC(N)(CC)CC)ncn1. The van der Waals surface area contributed by atoms with Gasteiger partial charge in [0.1, 0.15) is 12.1 Å². The minimum atomic E-state index is -0.185. The molecule has 5 heteroatoms. The highest BCUT2D eigenvalue weighted by Crippen LogP contribution is 2.15. The van der Waals surface area contributed by atoms with E-state index in [2.05, 4.69) is 36.1 Å². The second kappa shape index (κ2) is 7.16. The minimum absolute atomic E-state index is 0.185. The fraction of sp³-hybridized carbons (Fsp3) is 0.692. The van der Waals surface area contributed by atoms with Crippen molar-refractivity contribution in [3.8, 4) is 5.88 Å². The molecule has 1 aromatic heterocycles. The van der Waals surface area contributed by atoms with Crippen LogP contribution in [0.3, 0.4) is 0 Å². The van der Waals surface area contributed by atoms with Crippen LogP contribution in [0.1, 0.15) is 40.0 Å². The Morgan fingerprint density at radius 3 is 2.61 bits per heavy atom. The topological polar surface area (TPSA) is 73.1 Å². The van der Waals surface area contributed by atoms with Crippen molar-refractivity contribution in [1.82, 2.24) is 9.97 Å². The van der Waals surface area contributed by atoms with Gasteiger partial charge in [-0.1, -0.05) is 20.8 Å². The van der Waals surface area contributed by atoms with Crippen LogP contribution in [0, 0.1) is 0 Å². The zero-order valence-corrected chi connectivity index (χ0v) is 11.6. The molecule has 0 unspecified atom stereocenters. The lowest BCUT2D eigenvalue weighted by atomic mass is 9.94. The van der Waals surface area contributed by atoms with Crippen molar-refractivity contribution >= 4 is 5.82 Å². The Kier molecular flexibility index (Phi) is 5.85. The highest BCUT2D eigenvalue weighted by atomic mass is 16.5. The highest BCUT2D eigenvalue weighted by Gasteiger charge is 2.19. The Morgan fingerprint density at radius 1 is 1.28 bits per heavy atom. The maximum absolute atomic E-state index is 6.23. The number of nitrogens with two attached hydrogens (primary N) is 1. The molecule has 0 amide bonds. The standard InChI is InChI=1S/C13H24N4O/c1-4-7-18-12-8-11(16-10-17-12)15-9-13(14,5-2)6-3/h8,10H,4-7,9,14H2,1-3H3,(H,15,16,17). The first-order valence-corrected chi connectivity index (χ1v) is 6.61. The molecule has 1 aromatic rings. The van der Waals surface area contributed by atoms with Crippen LogP contribution in [0.5, 0.6) is 5.88 Å². The summed E-state index contributed by atoms with van der Waals surface area (Å²) in [6.07, 6.45) is 4.33. The Balaban J connectivity index is 2.56. The van der Waals surface area contributed by atoms with E-state index in [0.717, 1.165) is 25.1 Å². The first kappa shape index (κ1) is 14.7. The van der Waals surface area contributed by atoms with E-state index < -0.39 is 0 Å². The molecule has 102 valence electrons. The van der Waals surface area contributed by atoms with Gasteiger partial charge in [-0.25, -0.2) is 9.97 Å². The van der Waals surface area contributed by atoms with E-state index >= 15 is 0 Å². The number of nitrogens with zero attached hydrogens (tertiary/aromatic N) is 2. The average molecular weight is 252 g/mol. The second-order valence-electron chi connectivity index (χ2n) is 4.51. The molecular weight excluding hydrogens is 228 g/mol. The van der Waals surface area contributed by atoms with E-state index in [1.165, 1.54) is 6.33 Å². The van der Waals surface area contributed by atoms with E-state index in [1.807, 2.05) is 0 Å². The molecule has 18 heavy (non-hydrogen) atoms. The van der Waals surface area contributed by atoms with Crippen molar-refractivity contribution in [2.75, 3.05) is 18.5 Å². The lowest BCUT2D eigenvalue weighted by molar-refractivity contribution is 0.305. The normalized spacial score (nSPS) is 11.3. The lowest BCUT2D eigenvalue weighted by Gasteiger charge is -2.27. The van der Waals surface area contributed by atoms with E-state index in [1.54, 1.807) is 6.07 Å². The molecule has 0 radical (unpaired) electrons. The fourth-order valence-corrected chi connectivity index (χ4v) is 1.49. The summed E-state index contributed by atoms with van der Waals surface area (Å²) in [6.45, 7) is 7.62. The van der Waals surface area contributed by atoms with Crippen LogP contribution in [0.4, 0.5) is 5.82 Å². The Bertz CT molecular complexity index is 353. The molecule has 0 spiro atoms. The highest BCUT2D eigenvalue weighted by molar-refractivity contribution is 5.37. The molecule has 0 aliphatic heterocycles. The Morgan fingerprint density at radius 2 is 2.00 bits per heavy atom. The monoisotopic (exact) mass is 252 g/mol. The summed E-state index contributed by atoms with van der Waals surface area (Å²) in [5.41, 5.74) is 6.04. The average Bonchev–Trinajstić information content (AvgIpc) is 2.43. The van der Waals surface area contributed by atoms with Gasteiger partial charge in [0.15, 0.2) is 0 Å². The number of aromatic nitrogens is 2. The molecule has 3 N–H and O–H groups in total. The molecule has 1 heterocycles. The number of rotatable bonds is 8. The largest absolute Gasteiger partial charge is 0.478 e. The fourth-order valence-electron chi connectivity index (χ4n) is 1.49. The van der Waals surface area contributed by atoms with Gasteiger partial charge >= 0.3 is 0 Å². The molecule has 1 rings (SSSR count). The van der Waals surface area contributed by atoms with Gasteiger partial charge in [0, 0.05) is 18.2 Å². The maximum Gasteiger partial charge on any atom is 0.218 e. The third-order valence-corrected chi connectivity index (χ3v) is 3.13. The van der Waals surface area contributed by atoms with Crippen molar-refractivity contribution in [3.05, 3.63) is 12.4 Å². The van der Waals surface area contributed by atoms with Crippen LogP contribution in [-0.4, -0.2) is 28.7 Å². The number of hydrogen-bond donors (Lipinski definition) is 2. The first-order chi connectivity index (χ1) is 8.63. The summed E-state index contributed by atoms with van der Waals surface area (Å²) in [4.78, 5) is 8.22. The predicted octanol–water partition coefficient (Wildman–Crippen LogP) is 2.19. The van der Waals surface area contributed by atoms with Gasteiger partial charge in [-0.2, -0.15) is 0 Å². The van der Waals surface area contributed by atoms with E-state index in [-0.39, 0.29) is 5.54 Å². The lowest BCUT2D eigenvalue weighted by Crippen LogP contribution is -2.45. The van der Waals surface area contributed by atoms with Crippen molar-refractivity contribution < 1.29 is 4.74 Å². The van der Waals surface area contributed by atoms with Gasteiger partial charge in [0.05, 0.1) is 6.61 Å². The number of hydrogen-bond acceptors (Lipinski definition) is 5. The molecule has 5 nitrogen and oxygen atoms in total. The first-order valence-electron chi connectivity index (χ1n) is 6.61. The van der Waals surface area contributed by atoms with Gasteiger partial charge in [-0.05, 0) is 19.3 Å². The Labute approximate surface area is 109 Å². The van der Waals surface area contributed by atoms with Crippen LogP contribution in [0.25, 0.3) is 0 Å². The summed E-state index contributed by atoms with van der Waals surface area (Å²) < 4.78 is 5.46. The van der Waals surface area contributed by atoms with Crippen LogP contribution >= 0.6 is 0 Å². The van der Waals surface area contributed by atoms with Gasteiger partial charge in [0.2, 0.25) is 5.88 Å². The van der Waals surface area contributed by atoms with Gasteiger partial charge in [-0.3, -0.25) is 0 Å². The maximum atomic E-state index is 6.23. The summed E-state index contributed by atoms with van der Waals surface area (Å²) in [7, 11) is 0. The molecule has 0 aliphatic rings. The predicted molar refractivity (Wildman–Crippen MR) is 73.8 cm³/mol. The van der Waals surface area contributed by atoms with Crippen molar-refractivity contribution in [2.24, 2.45) is 5.73 Å². The molecule has 0 aromatic carbocycles. The zero-order chi connectivity index (χ0) is 13.4. The van der Waals surface area contributed by atoms with Crippen LogP contribution in [0.15, 0.2) is 12.4 Å². The van der Waals surface area contributed by atoms with E-state index in [9.17, 15) is 0 Å². The van der Waals surface area contributed by atoms with Crippen molar-refractivity contribution in [1.29, 1.82) is 0 Å². The molecule has 0 bridgehead atoms. The quantitative estimate of drug-likeness (QED) is 0.742. The molecule has 0 fully saturated rings. The second-order valence-corrected chi connectivity index (χ2v) is 4.51. The third-order valence-electron chi connectivity index (χ3n) is 3.13. The summed E-state index contributed by atoms with van der Waals surface area (Å²) >= 11 is 0. The van der Waals surface area contributed by atoms with Gasteiger partial charge < -0.3 is 15.8 Å². The smallest absolute Gasteiger partial charge is 0.218 e. The number of nitrogens with one attached hydrogen (secondary N) is 1. The number of ether oxygens (including phenoxy) is 1. The molecule has 0 atom stereocenters. The van der Waals surface area contributed by atoms with Crippen molar-refractivity contribution in [3.63, 3.8) is 0 Å². The third kappa shape index (κ3) is 4.49. The van der Waals surface area contributed by atoms with Crippen LogP contribution < -0.4 is 15.8 Å². The van der Waals surface area contributed by atoms with Crippen molar-refractivity contribution in [2.45, 2.75) is 45.6 Å². The van der Waals surface area contributed by atoms with E-state index in [0.29, 0.717) is 19.0 Å². The Hall–Kier alpha value is -1.36. The number of anilines is 1. The summed E-state index contributed by atoms with van der Waals surface area (Å²) in [5.74, 6) is 1.36. The zero-order valence-electron chi connectivity index (χ0n) is 11.6. The summed E-state index contributed by atoms with van der Waals surface area (Å²) in [6, 6.07) is 1.81. The molecule has 0 saturated carbocycles. The molecule has 0 saturated heterocycles. The van der Waals surface area contributed by atoms with Gasteiger partial charge in [-0.15, -0.1) is 0 Å². The summed E-state index contributed by atoms with van der Waals surface area (Å²) in [5, 5.41) is 3.25.